The second-order valence-electron chi connectivity index (χ2n) is 4.31. The monoisotopic (exact) mass is 465 g/mol. The van der Waals surface area contributed by atoms with E-state index in [0.29, 0.717) is 23.7 Å². The summed E-state index contributed by atoms with van der Waals surface area (Å²) >= 11 is 12.7. The average molecular weight is 467 g/mol. The van der Waals surface area contributed by atoms with Gasteiger partial charge in [-0.05, 0) is 55.6 Å². The molecule has 0 aromatic heterocycles. The number of carbonyl (C=O) groups excluding carboxylic acids is 1. The van der Waals surface area contributed by atoms with Gasteiger partial charge in [-0.25, -0.2) is 0 Å². The van der Waals surface area contributed by atoms with Crippen LogP contribution in [0.5, 0.6) is 5.75 Å². The van der Waals surface area contributed by atoms with Crippen LogP contribution < -0.4 is 0 Å². The first-order chi connectivity index (χ1) is 10.3. The van der Waals surface area contributed by atoms with Crippen molar-refractivity contribution in [1.29, 1.82) is 0 Å². The second-order valence-corrected chi connectivity index (χ2v) is 7.69. The quantitative estimate of drug-likeness (QED) is 0.521. The van der Waals surface area contributed by atoms with Gasteiger partial charge < -0.3 is 10.2 Å². The van der Waals surface area contributed by atoms with E-state index in [0.717, 1.165) is 11.8 Å². The van der Waals surface area contributed by atoms with Crippen molar-refractivity contribution in [2.24, 2.45) is 0 Å². The first kappa shape index (κ1) is 17.5. The predicted molar refractivity (Wildman–Crippen MR) is 95.6 cm³/mol. The lowest BCUT2D eigenvalue weighted by molar-refractivity contribution is -0.137. The minimum atomic E-state index is -0.982. The van der Waals surface area contributed by atoms with Crippen molar-refractivity contribution in [2.45, 2.75) is 6.42 Å². The molecule has 1 aromatic carbocycles. The summed E-state index contributed by atoms with van der Waals surface area (Å²) in [5, 5.41) is 18.4. The molecule has 2 rings (SSSR count). The highest BCUT2D eigenvalue weighted by Gasteiger charge is 2.32. The molecule has 0 saturated carbocycles. The molecule has 22 heavy (non-hydrogen) atoms. The fourth-order valence-corrected chi connectivity index (χ4v) is 4.25. The fourth-order valence-electron chi connectivity index (χ4n) is 1.72. The Morgan fingerprint density at radius 1 is 1.36 bits per heavy atom. The van der Waals surface area contributed by atoms with Gasteiger partial charge in [-0.1, -0.05) is 24.0 Å². The van der Waals surface area contributed by atoms with Crippen LogP contribution in [0.15, 0.2) is 26.0 Å². The minimum absolute atomic E-state index is 0.0559. The van der Waals surface area contributed by atoms with Gasteiger partial charge in [-0.2, -0.15) is 0 Å². The summed E-state index contributed by atoms with van der Waals surface area (Å²) in [6.07, 6.45) is 1.49. The standard InChI is InChI=1S/C13H9Br2NO4S2/c14-7-3-6(4-8(15)11(7)19)5-9-12(20)16(13(21)22-9)2-1-10(17)18/h3-5,19H,1-2H2,(H,17,18)/b9-5+. The second kappa shape index (κ2) is 7.12. The first-order valence-electron chi connectivity index (χ1n) is 5.94. The SMILES string of the molecule is O=C(O)CCN1C(=O)/C(=C\c2cc(Br)c(O)c(Br)c2)SC1=S. The highest BCUT2D eigenvalue weighted by molar-refractivity contribution is 9.11. The van der Waals surface area contributed by atoms with Crippen LogP contribution >= 0.6 is 55.8 Å². The third-order valence-electron chi connectivity index (χ3n) is 2.76. The number of rotatable bonds is 4. The van der Waals surface area contributed by atoms with Gasteiger partial charge in [-0.15, -0.1) is 0 Å². The van der Waals surface area contributed by atoms with Crippen molar-refractivity contribution in [2.75, 3.05) is 6.54 Å². The number of carbonyl (C=O) groups is 2. The molecule has 116 valence electrons. The van der Waals surface area contributed by atoms with Crippen molar-refractivity contribution in [1.82, 2.24) is 4.90 Å². The number of phenolic OH excluding ortho intramolecular Hbond substituents is 1. The molecular weight excluding hydrogens is 458 g/mol. The largest absolute Gasteiger partial charge is 0.506 e. The van der Waals surface area contributed by atoms with Crippen molar-refractivity contribution in [3.63, 3.8) is 0 Å². The van der Waals surface area contributed by atoms with E-state index in [4.69, 9.17) is 17.3 Å². The smallest absolute Gasteiger partial charge is 0.305 e. The Kier molecular flexibility index (Phi) is 5.65. The van der Waals surface area contributed by atoms with Crippen LogP contribution in [-0.2, 0) is 9.59 Å². The molecule has 1 aliphatic rings. The maximum atomic E-state index is 12.3. The topological polar surface area (TPSA) is 77.8 Å². The van der Waals surface area contributed by atoms with Gasteiger partial charge in [0.1, 0.15) is 10.1 Å². The van der Waals surface area contributed by atoms with Gasteiger partial charge in [0.15, 0.2) is 0 Å². The molecule has 2 N–H and O–H groups in total. The summed E-state index contributed by atoms with van der Waals surface area (Å²) in [6.45, 7) is 0.0559. The minimum Gasteiger partial charge on any atom is -0.506 e. The molecule has 1 heterocycles. The fraction of sp³-hybridized carbons (Fsp3) is 0.154. The number of phenols is 1. The number of thiocarbonyl (C=S) groups is 1. The molecule has 0 atom stereocenters. The number of hydrogen-bond donors (Lipinski definition) is 2. The number of aliphatic carboxylic acids is 1. The van der Waals surface area contributed by atoms with Crippen molar-refractivity contribution in [3.05, 3.63) is 31.5 Å². The summed E-state index contributed by atoms with van der Waals surface area (Å²) in [7, 11) is 0. The van der Waals surface area contributed by atoms with Crippen LogP contribution in [0.2, 0.25) is 0 Å². The maximum absolute atomic E-state index is 12.3. The lowest BCUT2D eigenvalue weighted by atomic mass is 10.2. The average Bonchev–Trinajstić information content (AvgIpc) is 2.68. The van der Waals surface area contributed by atoms with Gasteiger partial charge in [-0.3, -0.25) is 14.5 Å². The zero-order valence-corrected chi connectivity index (χ0v) is 15.7. The van der Waals surface area contributed by atoms with E-state index in [1.807, 2.05) is 0 Å². The molecule has 0 spiro atoms. The molecule has 5 nitrogen and oxygen atoms in total. The number of carboxylic acid groups (broad SMARTS) is 1. The first-order valence-corrected chi connectivity index (χ1v) is 8.76. The molecule has 1 aromatic rings. The van der Waals surface area contributed by atoms with Gasteiger partial charge in [0.25, 0.3) is 5.91 Å². The zero-order chi connectivity index (χ0) is 16.4. The number of thioether (sulfide) groups is 1. The molecule has 1 aliphatic heterocycles. The highest BCUT2D eigenvalue weighted by atomic mass is 79.9. The number of halogens is 2. The molecular formula is C13H9Br2NO4S2. The van der Waals surface area contributed by atoms with Crippen LogP contribution in [0.1, 0.15) is 12.0 Å². The normalized spacial score (nSPS) is 16.6. The molecule has 1 saturated heterocycles. The number of amides is 1. The summed E-state index contributed by atoms with van der Waals surface area (Å²) in [6, 6.07) is 3.34. The summed E-state index contributed by atoms with van der Waals surface area (Å²) < 4.78 is 1.33. The Labute approximate surface area is 152 Å². The number of nitrogens with zero attached hydrogens (tertiary/aromatic N) is 1. The third-order valence-corrected chi connectivity index (χ3v) is 5.35. The summed E-state index contributed by atoms with van der Waals surface area (Å²) in [4.78, 5) is 24.6. The zero-order valence-electron chi connectivity index (χ0n) is 10.9. The van der Waals surface area contributed by atoms with Crippen molar-refractivity contribution in [3.8, 4) is 5.75 Å². The molecule has 1 fully saturated rings. The Balaban J connectivity index is 2.25. The highest BCUT2D eigenvalue weighted by Crippen LogP contribution is 2.36. The number of carboxylic acids is 1. The summed E-state index contributed by atoms with van der Waals surface area (Å²) in [5.74, 6) is -1.22. The van der Waals surface area contributed by atoms with Crippen LogP contribution in [0.3, 0.4) is 0 Å². The van der Waals surface area contributed by atoms with Crippen LogP contribution in [-0.4, -0.2) is 37.9 Å². The van der Waals surface area contributed by atoms with E-state index in [9.17, 15) is 14.7 Å². The van der Waals surface area contributed by atoms with E-state index in [2.05, 4.69) is 31.9 Å². The molecule has 0 aliphatic carbocycles. The third kappa shape index (κ3) is 3.89. The van der Waals surface area contributed by atoms with E-state index >= 15 is 0 Å². The number of hydrogen-bond acceptors (Lipinski definition) is 5. The van der Waals surface area contributed by atoms with Gasteiger partial charge in [0.2, 0.25) is 0 Å². The maximum Gasteiger partial charge on any atom is 0.305 e. The van der Waals surface area contributed by atoms with Gasteiger partial charge in [0.05, 0.1) is 20.3 Å². The number of aromatic hydroxyl groups is 1. The summed E-state index contributed by atoms with van der Waals surface area (Å²) in [5.41, 5.74) is 0.704. The Bertz CT molecular complexity index is 682. The molecule has 1 amide bonds. The Hall–Kier alpha value is -0.900. The molecule has 0 bridgehead atoms. The van der Waals surface area contributed by atoms with E-state index in [-0.39, 0.29) is 24.6 Å². The molecule has 0 unspecified atom stereocenters. The van der Waals surface area contributed by atoms with E-state index in [1.54, 1.807) is 18.2 Å². The van der Waals surface area contributed by atoms with Gasteiger partial charge >= 0.3 is 5.97 Å². The van der Waals surface area contributed by atoms with Crippen molar-refractivity contribution >= 4 is 78.1 Å². The number of benzene rings is 1. The van der Waals surface area contributed by atoms with E-state index < -0.39 is 5.97 Å². The lowest BCUT2D eigenvalue weighted by Crippen LogP contribution is -2.30. The van der Waals surface area contributed by atoms with Crippen LogP contribution in [0, 0.1) is 0 Å². The van der Waals surface area contributed by atoms with Gasteiger partial charge in [0, 0.05) is 6.54 Å². The molecule has 0 radical (unpaired) electrons. The van der Waals surface area contributed by atoms with Crippen molar-refractivity contribution < 1.29 is 19.8 Å². The molecule has 9 heteroatoms. The Morgan fingerprint density at radius 2 is 1.95 bits per heavy atom. The predicted octanol–water partition coefficient (Wildman–Crippen LogP) is 3.59. The van der Waals surface area contributed by atoms with Crippen LogP contribution in [0.25, 0.3) is 6.08 Å². The van der Waals surface area contributed by atoms with Crippen LogP contribution in [0.4, 0.5) is 0 Å². The van der Waals surface area contributed by atoms with E-state index in [1.165, 1.54) is 4.90 Å². The lowest BCUT2D eigenvalue weighted by Gasteiger charge is -2.12. The Morgan fingerprint density at radius 3 is 2.50 bits per heavy atom.